The van der Waals surface area contributed by atoms with Gasteiger partial charge in [0.2, 0.25) is 6.79 Å². The van der Waals surface area contributed by atoms with E-state index in [2.05, 4.69) is 26.2 Å². The Morgan fingerprint density at radius 3 is 2.80 bits per heavy atom. The molecule has 2 aromatic rings. The third kappa shape index (κ3) is 2.94. The molecule has 2 heterocycles. The molecule has 0 spiro atoms. The van der Waals surface area contributed by atoms with Crippen molar-refractivity contribution in [2.45, 2.75) is 20.0 Å². The molecular formula is C15H15BrN2O2. The van der Waals surface area contributed by atoms with E-state index in [0.717, 1.165) is 46.0 Å². The molecule has 4 nitrogen and oxygen atoms in total. The van der Waals surface area contributed by atoms with Gasteiger partial charge in [0.05, 0.1) is 5.69 Å². The number of hydrogen-bond donors (Lipinski definition) is 1. The van der Waals surface area contributed by atoms with Gasteiger partial charge in [0.1, 0.15) is 0 Å². The molecule has 1 aliphatic rings. The van der Waals surface area contributed by atoms with Gasteiger partial charge in [-0.1, -0.05) is 22.0 Å². The second kappa shape index (κ2) is 5.81. The second-order valence-corrected chi connectivity index (χ2v) is 5.53. The summed E-state index contributed by atoms with van der Waals surface area (Å²) in [6, 6.07) is 10.00. The second-order valence-electron chi connectivity index (χ2n) is 4.67. The van der Waals surface area contributed by atoms with Gasteiger partial charge in [0, 0.05) is 23.3 Å². The van der Waals surface area contributed by atoms with Crippen molar-refractivity contribution in [2.75, 3.05) is 6.79 Å². The number of halogens is 1. The van der Waals surface area contributed by atoms with E-state index in [9.17, 15) is 0 Å². The first-order valence-corrected chi connectivity index (χ1v) is 7.23. The molecule has 0 saturated carbocycles. The minimum Gasteiger partial charge on any atom is -0.454 e. The average Bonchev–Trinajstić information content (AvgIpc) is 2.86. The van der Waals surface area contributed by atoms with Gasteiger partial charge in [0.15, 0.2) is 11.5 Å². The Hall–Kier alpha value is -1.59. The summed E-state index contributed by atoms with van der Waals surface area (Å²) < 4.78 is 11.7. The first-order chi connectivity index (χ1) is 9.72. The van der Waals surface area contributed by atoms with Gasteiger partial charge in [0.25, 0.3) is 0 Å². The molecular weight excluding hydrogens is 320 g/mol. The van der Waals surface area contributed by atoms with E-state index in [1.54, 1.807) is 0 Å². The lowest BCUT2D eigenvalue weighted by molar-refractivity contribution is 0.174. The molecule has 1 aromatic heterocycles. The maximum absolute atomic E-state index is 5.39. The highest BCUT2D eigenvalue weighted by Crippen LogP contribution is 2.36. The van der Waals surface area contributed by atoms with Crippen LogP contribution in [-0.4, -0.2) is 11.8 Å². The van der Waals surface area contributed by atoms with E-state index < -0.39 is 0 Å². The van der Waals surface area contributed by atoms with Crippen molar-refractivity contribution in [1.29, 1.82) is 0 Å². The maximum Gasteiger partial charge on any atom is 0.231 e. The fourth-order valence-corrected chi connectivity index (χ4v) is 2.58. The Kier molecular flexibility index (Phi) is 3.89. The lowest BCUT2D eigenvalue weighted by atomic mass is 10.2. The van der Waals surface area contributed by atoms with Gasteiger partial charge in [-0.05, 0) is 36.8 Å². The third-order valence-electron chi connectivity index (χ3n) is 3.11. The standard InChI is InChI=1S/C15H15BrN2O2/c1-10-3-2-4-12(18-10)8-17-7-11-5-14-15(6-13(11)16)20-9-19-14/h2-6,17H,7-9H2,1H3. The number of fused-ring (bicyclic) bond motifs is 1. The van der Waals surface area contributed by atoms with Crippen LogP contribution in [0.1, 0.15) is 17.0 Å². The summed E-state index contributed by atoms with van der Waals surface area (Å²) >= 11 is 3.56. The lowest BCUT2D eigenvalue weighted by Crippen LogP contribution is -2.14. The predicted molar refractivity (Wildman–Crippen MR) is 79.8 cm³/mol. The summed E-state index contributed by atoms with van der Waals surface area (Å²) in [6.07, 6.45) is 0. The van der Waals surface area contributed by atoms with Crippen LogP contribution >= 0.6 is 15.9 Å². The van der Waals surface area contributed by atoms with Crippen LogP contribution < -0.4 is 14.8 Å². The van der Waals surface area contributed by atoms with Crippen molar-refractivity contribution in [1.82, 2.24) is 10.3 Å². The van der Waals surface area contributed by atoms with Crippen LogP contribution in [0.5, 0.6) is 11.5 Å². The van der Waals surface area contributed by atoms with Gasteiger partial charge in [-0.15, -0.1) is 0 Å². The summed E-state index contributed by atoms with van der Waals surface area (Å²) in [4.78, 5) is 4.47. The van der Waals surface area contributed by atoms with Crippen molar-refractivity contribution in [2.24, 2.45) is 0 Å². The van der Waals surface area contributed by atoms with Crippen molar-refractivity contribution in [3.8, 4) is 11.5 Å². The molecule has 1 aliphatic heterocycles. The minimum atomic E-state index is 0.297. The van der Waals surface area contributed by atoms with E-state index >= 15 is 0 Å². The largest absolute Gasteiger partial charge is 0.454 e. The van der Waals surface area contributed by atoms with Gasteiger partial charge in [-0.25, -0.2) is 0 Å². The molecule has 0 aliphatic carbocycles. The van der Waals surface area contributed by atoms with Crippen LogP contribution in [0.25, 0.3) is 0 Å². The Bertz CT molecular complexity index is 631. The quantitative estimate of drug-likeness (QED) is 0.932. The zero-order valence-corrected chi connectivity index (χ0v) is 12.7. The highest BCUT2D eigenvalue weighted by Gasteiger charge is 2.15. The minimum absolute atomic E-state index is 0.297. The molecule has 1 N–H and O–H groups in total. The van der Waals surface area contributed by atoms with Crippen LogP contribution in [0, 0.1) is 6.92 Å². The molecule has 0 radical (unpaired) electrons. The normalized spacial score (nSPS) is 12.7. The summed E-state index contributed by atoms with van der Waals surface area (Å²) in [6.45, 7) is 3.78. The van der Waals surface area contributed by atoms with Crippen molar-refractivity contribution in [3.05, 3.63) is 51.8 Å². The molecule has 0 fully saturated rings. The number of pyridine rings is 1. The van der Waals surface area contributed by atoms with Crippen LogP contribution in [0.15, 0.2) is 34.8 Å². The first-order valence-electron chi connectivity index (χ1n) is 6.43. The number of aromatic nitrogens is 1. The predicted octanol–water partition coefficient (Wildman–Crippen LogP) is 3.17. The fraction of sp³-hybridized carbons (Fsp3) is 0.267. The van der Waals surface area contributed by atoms with Gasteiger partial charge >= 0.3 is 0 Å². The van der Waals surface area contributed by atoms with Crippen LogP contribution in [-0.2, 0) is 13.1 Å². The van der Waals surface area contributed by atoms with E-state index in [-0.39, 0.29) is 0 Å². The summed E-state index contributed by atoms with van der Waals surface area (Å²) in [5.74, 6) is 1.60. The number of nitrogens with zero attached hydrogens (tertiary/aromatic N) is 1. The zero-order chi connectivity index (χ0) is 13.9. The molecule has 3 rings (SSSR count). The summed E-state index contributed by atoms with van der Waals surface area (Å²) in [5, 5.41) is 3.39. The molecule has 5 heteroatoms. The molecule has 1 aromatic carbocycles. The zero-order valence-electron chi connectivity index (χ0n) is 11.1. The number of aryl methyl sites for hydroxylation is 1. The Morgan fingerprint density at radius 1 is 1.20 bits per heavy atom. The number of rotatable bonds is 4. The number of nitrogens with one attached hydrogen (secondary N) is 1. The SMILES string of the molecule is Cc1cccc(CNCc2cc3c(cc2Br)OCO3)n1. The molecule has 0 bridgehead atoms. The van der Waals surface area contributed by atoms with Crippen molar-refractivity contribution >= 4 is 15.9 Å². The van der Waals surface area contributed by atoms with Gasteiger partial charge in [-0.2, -0.15) is 0 Å². The Labute approximate surface area is 126 Å². The molecule has 104 valence electrons. The van der Waals surface area contributed by atoms with E-state index in [4.69, 9.17) is 9.47 Å². The lowest BCUT2D eigenvalue weighted by Gasteiger charge is -2.08. The van der Waals surface area contributed by atoms with Crippen LogP contribution in [0.3, 0.4) is 0 Å². The average molecular weight is 335 g/mol. The highest BCUT2D eigenvalue weighted by molar-refractivity contribution is 9.10. The summed E-state index contributed by atoms with van der Waals surface area (Å²) in [7, 11) is 0. The third-order valence-corrected chi connectivity index (χ3v) is 3.85. The molecule has 20 heavy (non-hydrogen) atoms. The van der Waals surface area contributed by atoms with E-state index in [1.165, 1.54) is 0 Å². The van der Waals surface area contributed by atoms with Crippen LogP contribution in [0.4, 0.5) is 0 Å². The topological polar surface area (TPSA) is 43.4 Å². The summed E-state index contributed by atoms with van der Waals surface area (Å²) in [5.41, 5.74) is 3.22. The first kappa shape index (κ1) is 13.4. The fourth-order valence-electron chi connectivity index (χ4n) is 2.12. The highest BCUT2D eigenvalue weighted by atomic mass is 79.9. The van der Waals surface area contributed by atoms with Crippen molar-refractivity contribution in [3.63, 3.8) is 0 Å². The van der Waals surface area contributed by atoms with Gasteiger partial charge < -0.3 is 14.8 Å². The number of hydrogen-bond acceptors (Lipinski definition) is 4. The van der Waals surface area contributed by atoms with Gasteiger partial charge in [-0.3, -0.25) is 4.98 Å². The monoisotopic (exact) mass is 334 g/mol. The smallest absolute Gasteiger partial charge is 0.231 e. The van der Waals surface area contributed by atoms with Crippen molar-refractivity contribution < 1.29 is 9.47 Å². The number of benzene rings is 1. The maximum atomic E-state index is 5.39. The Morgan fingerprint density at radius 2 is 2.00 bits per heavy atom. The van der Waals surface area contributed by atoms with E-state index in [1.807, 2.05) is 37.3 Å². The molecule has 0 amide bonds. The van der Waals surface area contributed by atoms with Crippen LogP contribution in [0.2, 0.25) is 0 Å². The Balaban J connectivity index is 1.64. The number of ether oxygens (including phenoxy) is 2. The molecule has 0 atom stereocenters. The molecule has 0 unspecified atom stereocenters. The molecule has 0 saturated heterocycles. The van der Waals surface area contributed by atoms with E-state index in [0.29, 0.717) is 6.79 Å².